The predicted molar refractivity (Wildman–Crippen MR) is 99.9 cm³/mol. The summed E-state index contributed by atoms with van der Waals surface area (Å²) >= 11 is 0. The topological polar surface area (TPSA) is 42.0 Å². The zero-order valence-corrected chi connectivity index (χ0v) is 15.4. The van der Waals surface area contributed by atoms with Crippen LogP contribution in [0.5, 0.6) is 0 Å². The summed E-state index contributed by atoms with van der Waals surface area (Å²) in [6.07, 6.45) is 0. The van der Waals surface area contributed by atoms with E-state index >= 15 is 0 Å². The third-order valence-corrected chi connectivity index (χ3v) is 5.12. The summed E-state index contributed by atoms with van der Waals surface area (Å²) in [7, 11) is 0. The summed E-state index contributed by atoms with van der Waals surface area (Å²) in [4.78, 5) is 16.4. The van der Waals surface area contributed by atoms with Crippen LogP contribution in [-0.2, 0) is 20.8 Å². The lowest BCUT2D eigenvalue weighted by Crippen LogP contribution is -2.59. The molecular formula is C21H22F2N2O3. The molecule has 2 heterocycles. The summed E-state index contributed by atoms with van der Waals surface area (Å²) < 4.78 is 38.5. The molecular weight excluding hydrogens is 366 g/mol. The zero-order valence-electron chi connectivity index (χ0n) is 15.4. The van der Waals surface area contributed by atoms with Crippen molar-refractivity contribution in [3.63, 3.8) is 0 Å². The first-order chi connectivity index (χ1) is 13.5. The fourth-order valence-electron chi connectivity index (χ4n) is 3.81. The molecule has 0 N–H and O–H groups in total. The maximum Gasteiger partial charge on any atom is 0.253 e. The molecule has 28 heavy (non-hydrogen) atoms. The minimum absolute atomic E-state index is 0.00315. The van der Waals surface area contributed by atoms with Gasteiger partial charge in [-0.3, -0.25) is 9.69 Å². The van der Waals surface area contributed by atoms with Crippen molar-refractivity contribution in [3.8, 4) is 0 Å². The van der Waals surface area contributed by atoms with Gasteiger partial charge in [0.1, 0.15) is 12.2 Å². The molecule has 1 atom stereocenters. The maximum atomic E-state index is 13.5. The molecule has 1 spiro atoms. The van der Waals surface area contributed by atoms with Gasteiger partial charge in [0.15, 0.2) is 11.6 Å². The first kappa shape index (κ1) is 19.0. The van der Waals surface area contributed by atoms with Gasteiger partial charge in [0.05, 0.1) is 19.8 Å². The molecule has 0 saturated carbocycles. The average Bonchev–Trinajstić information content (AvgIpc) is 2.85. The molecule has 7 heteroatoms. The van der Waals surface area contributed by atoms with Crippen LogP contribution in [0.15, 0.2) is 48.5 Å². The number of rotatable bonds is 3. The van der Waals surface area contributed by atoms with Gasteiger partial charge < -0.3 is 14.4 Å². The Morgan fingerprint density at radius 2 is 1.86 bits per heavy atom. The Kier molecular flexibility index (Phi) is 5.39. The molecule has 5 nitrogen and oxygen atoms in total. The van der Waals surface area contributed by atoms with Crippen LogP contribution in [0.1, 0.15) is 5.56 Å². The minimum Gasteiger partial charge on any atom is -0.368 e. The van der Waals surface area contributed by atoms with Gasteiger partial charge in [-0.05, 0) is 29.8 Å². The van der Waals surface area contributed by atoms with Gasteiger partial charge >= 0.3 is 0 Å². The van der Waals surface area contributed by atoms with Crippen LogP contribution in [0.3, 0.4) is 0 Å². The molecule has 0 aliphatic carbocycles. The standard InChI is InChI=1S/C21H22F2N2O3/c22-18-7-6-16(10-19(18)23)11-24-8-9-28-21(13-24)14-25(20(26)12-27-15-21)17-4-2-1-3-5-17/h1-7,10H,8-9,11-15H2. The molecule has 0 radical (unpaired) electrons. The Morgan fingerprint density at radius 3 is 2.64 bits per heavy atom. The lowest BCUT2D eigenvalue weighted by atomic mass is 10.0. The van der Waals surface area contributed by atoms with E-state index in [9.17, 15) is 13.6 Å². The average molecular weight is 388 g/mol. The van der Waals surface area contributed by atoms with E-state index in [0.29, 0.717) is 45.0 Å². The number of carbonyl (C=O) groups is 1. The van der Waals surface area contributed by atoms with E-state index < -0.39 is 17.2 Å². The van der Waals surface area contributed by atoms with Crippen molar-refractivity contribution in [2.75, 3.05) is 44.4 Å². The molecule has 2 aliphatic heterocycles. The number of halogens is 2. The smallest absolute Gasteiger partial charge is 0.253 e. The third-order valence-electron chi connectivity index (χ3n) is 5.12. The summed E-state index contributed by atoms with van der Waals surface area (Å²) in [5, 5.41) is 0. The van der Waals surface area contributed by atoms with E-state index in [4.69, 9.17) is 9.47 Å². The number of nitrogens with zero attached hydrogens (tertiary/aromatic N) is 2. The summed E-state index contributed by atoms with van der Waals surface area (Å²) in [5.41, 5.74) is 0.832. The number of amides is 1. The second-order valence-corrected chi connectivity index (χ2v) is 7.30. The number of anilines is 1. The molecule has 2 aromatic carbocycles. The van der Waals surface area contributed by atoms with Crippen LogP contribution in [0.25, 0.3) is 0 Å². The van der Waals surface area contributed by atoms with Crippen LogP contribution in [-0.4, -0.2) is 55.9 Å². The van der Waals surface area contributed by atoms with Gasteiger partial charge in [0.2, 0.25) is 0 Å². The van der Waals surface area contributed by atoms with Crippen LogP contribution >= 0.6 is 0 Å². The van der Waals surface area contributed by atoms with Gasteiger partial charge in [-0.2, -0.15) is 0 Å². The summed E-state index contributed by atoms with van der Waals surface area (Å²) in [5.74, 6) is -1.81. The number of para-hydroxylation sites is 1. The van der Waals surface area contributed by atoms with Crippen LogP contribution in [0.4, 0.5) is 14.5 Å². The lowest BCUT2D eigenvalue weighted by molar-refractivity contribution is -0.135. The normalized spacial score (nSPS) is 23.8. The molecule has 1 amide bonds. The fraction of sp³-hybridized carbons (Fsp3) is 0.381. The Hall–Kier alpha value is -2.35. The van der Waals surface area contributed by atoms with Gasteiger partial charge in [0, 0.05) is 25.3 Å². The zero-order chi connectivity index (χ0) is 19.6. The lowest BCUT2D eigenvalue weighted by Gasteiger charge is -2.43. The van der Waals surface area contributed by atoms with Gasteiger partial charge in [-0.25, -0.2) is 8.78 Å². The SMILES string of the molecule is O=C1COCC2(CN(Cc3ccc(F)c(F)c3)CCO2)CN1c1ccccc1. The van der Waals surface area contributed by atoms with Crippen molar-refractivity contribution in [3.05, 3.63) is 65.7 Å². The van der Waals surface area contributed by atoms with E-state index in [1.165, 1.54) is 6.07 Å². The second-order valence-electron chi connectivity index (χ2n) is 7.30. The Morgan fingerprint density at radius 1 is 1.04 bits per heavy atom. The van der Waals surface area contributed by atoms with Crippen molar-refractivity contribution in [2.45, 2.75) is 12.1 Å². The fourth-order valence-corrected chi connectivity index (χ4v) is 3.81. The van der Waals surface area contributed by atoms with Crippen molar-refractivity contribution >= 4 is 11.6 Å². The number of morpholine rings is 1. The predicted octanol–water partition coefficient (Wildman–Crippen LogP) is 2.60. The molecule has 2 fully saturated rings. The molecule has 4 rings (SSSR count). The Balaban J connectivity index is 1.52. The third kappa shape index (κ3) is 4.06. The van der Waals surface area contributed by atoms with E-state index in [1.807, 2.05) is 30.3 Å². The quantitative estimate of drug-likeness (QED) is 0.811. The molecule has 148 valence electrons. The van der Waals surface area contributed by atoms with Crippen LogP contribution < -0.4 is 4.90 Å². The van der Waals surface area contributed by atoms with E-state index in [1.54, 1.807) is 11.0 Å². The van der Waals surface area contributed by atoms with Crippen molar-refractivity contribution in [1.82, 2.24) is 4.90 Å². The molecule has 1 unspecified atom stereocenters. The van der Waals surface area contributed by atoms with E-state index in [2.05, 4.69) is 4.90 Å². The molecule has 0 bridgehead atoms. The Bertz CT molecular complexity index is 849. The summed E-state index contributed by atoms with van der Waals surface area (Å²) in [6.45, 7) is 2.83. The van der Waals surface area contributed by atoms with Crippen LogP contribution in [0, 0.1) is 11.6 Å². The Labute approximate surface area is 162 Å². The van der Waals surface area contributed by atoms with E-state index in [-0.39, 0.29) is 12.5 Å². The molecule has 0 aromatic heterocycles. The monoisotopic (exact) mass is 388 g/mol. The van der Waals surface area contributed by atoms with Crippen LogP contribution in [0.2, 0.25) is 0 Å². The van der Waals surface area contributed by atoms with Gasteiger partial charge in [-0.1, -0.05) is 24.3 Å². The van der Waals surface area contributed by atoms with Crippen molar-refractivity contribution in [2.24, 2.45) is 0 Å². The number of ether oxygens (including phenoxy) is 2. The minimum atomic E-state index is -0.851. The maximum absolute atomic E-state index is 13.5. The number of carbonyl (C=O) groups excluding carboxylic acids is 1. The molecule has 2 aromatic rings. The largest absolute Gasteiger partial charge is 0.368 e. The van der Waals surface area contributed by atoms with Gasteiger partial charge in [0.25, 0.3) is 5.91 Å². The van der Waals surface area contributed by atoms with E-state index in [0.717, 1.165) is 11.8 Å². The van der Waals surface area contributed by atoms with Crippen molar-refractivity contribution < 1.29 is 23.0 Å². The highest BCUT2D eigenvalue weighted by molar-refractivity contribution is 5.94. The highest BCUT2D eigenvalue weighted by atomic mass is 19.2. The number of benzene rings is 2. The van der Waals surface area contributed by atoms with Gasteiger partial charge in [-0.15, -0.1) is 0 Å². The number of hydrogen-bond acceptors (Lipinski definition) is 4. The summed E-state index contributed by atoms with van der Waals surface area (Å²) in [6, 6.07) is 13.4. The molecule has 2 aliphatic rings. The highest BCUT2D eigenvalue weighted by Crippen LogP contribution is 2.27. The second kappa shape index (κ2) is 7.95. The molecule has 2 saturated heterocycles. The number of hydrogen-bond donors (Lipinski definition) is 0. The first-order valence-corrected chi connectivity index (χ1v) is 9.28. The first-order valence-electron chi connectivity index (χ1n) is 9.28. The van der Waals surface area contributed by atoms with Crippen molar-refractivity contribution in [1.29, 1.82) is 0 Å². The highest BCUT2D eigenvalue weighted by Gasteiger charge is 2.42.